The first kappa shape index (κ1) is 24.1. The lowest BCUT2D eigenvalue weighted by atomic mass is 9.64. The molecule has 0 spiro atoms. The Morgan fingerprint density at radius 3 is 2.41 bits per heavy atom. The van der Waals surface area contributed by atoms with Crippen LogP contribution < -0.4 is 0 Å². The van der Waals surface area contributed by atoms with Gasteiger partial charge in [-0.05, 0) is 61.7 Å². The summed E-state index contributed by atoms with van der Waals surface area (Å²) in [7, 11) is 0. The number of esters is 1. The number of aliphatic hydroxyl groups excluding tert-OH is 1. The van der Waals surface area contributed by atoms with E-state index in [9.17, 15) is 9.59 Å². The van der Waals surface area contributed by atoms with E-state index in [2.05, 4.69) is 20.4 Å². The maximum atomic E-state index is 11.7. The third kappa shape index (κ3) is 7.24. The first-order chi connectivity index (χ1) is 14.0. The summed E-state index contributed by atoms with van der Waals surface area (Å²) in [5.74, 6) is 2.51. The summed E-state index contributed by atoms with van der Waals surface area (Å²) < 4.78 is 5.21. The molecule has 166 valence electrons. The van der Waals surface area contributed by atoms with Gasteiger partial charge < -0.3 is 14.6 Å². The van der Waals surface area contributed by atoms with E-state index in [1.54, 1.807) is 0 Å². The van der Waals surface area contributed by atoms with Crippen LogP contribution in [0.4, 0.5) is 0 Å². The molecule has 29 heavy (non-hydrogen) atoms. The van der Waals surface area contributed by atoms with Crippen LogP contribution in [0.5, 0.6) is 0 Å². The normalized spacial score (nSPS) is 31.1. The molecule has 2 saturated carbocycles. The zero-order chi connectivity index (χ0) is 21.2. The minimum atomic E-state index is -0.601. The summed E-state index contributed by atoms with van der Waals surface area (Å²) in [6.07, 6.45) is 15.5. The summed E-state index contributed by atoms with van der Waals surface area (Å²) in [6.45, 7) is 7.71. The SMILES string of the molecule is C=C(CO)C(=O)OCC(C=O)C1CCC(C2CCC(CCCCC)CC2)CC1C. The third-order valence-corrected chi connectivity index (χ3v) is 7.66. The van der Waals surface area contributed by atoms with Crippen molar-refractivity contribution in [1.29, 1.82) is 0 Å². The predicted molar refractivity (Wildman–Crippen MR) is 116 cm³/mol. The maximum Gasteiger partial charge on any atom is 0.335 e. The van der Waals surface area contributed by atoms with Crippen LogP contribution in [0.25, 0.3) is 0 Å². The quantitative estimate of drug-likeness (QED) is 0.218. The fourth-order valence-electron chi connectivity index (χ4n) is 5.76. The van der Waals surface area contributed by atoms with Crippen LogP contribution in [0, 0.1) is 35.5 Å². The van der Waals surface area contributed by atoms with Crippen molar-refractivity contribution in [2.45, 2.75) is 84.5 Å². The van der Waals surface area contributed by atoms with Gasteiger partial charge in [-0.1, -0.05) is 59.0 Å². The highest BCUT2D eigenvalue weighted by atomic mass is 16.5. The molecule has 0 aromatic carbocycles. The molecule has 0 saturated heterocycles. The van der Waals surface area contributed by atoms with Gasteiger partial charge in [0.25, 0.3) is 0 Å². The van der Waals surface area contributed by atoms with E-state index >= 15 is 0 Å². The Morgan fingerprint density at radius 1 is 1.14 bits per heavy atom. The average Bonchev–Trinajstić information content (AvgIpc) is 2.74. The summed E-state index contributed by atoms with van der Waals surface area (Å²) in [6, 6.07) is 0. The van der Waals surface area contributed by atoms with Crippen LogP contribution in [0.2, 0.25) is 0 Å². The summed E-state index contributed by atoms with van der Waals surface area (Å²) >= 11 is 0. The van der Waals surface area contributed by atoms with E-state index in [4.69, 9.17) is 9.84 Å². The molecule has 0 aromatic heterocycles. The molecule has 4 nitrogen and oxygen atoms in total. The molecule has 0 heterocycles. The molecule has 1 N–H and O–H groups in total. The van der Waals surface area contributed by atoms with Gasteiger partial charge in [-0.3, -0.25) is 0 Å². The van der Waals surface area contributed by atoms with E-state index in [0.717, 1.165) is 30.5 Å². The Hall–Kier alpha value is -1.16. The molecule has 4 unspecified atom stereocenters. The van der Waals surface area contributed by atoms with Gasteiger partial charge in [-0.2, -0.15) is 0 Å². The highest BCUT2D eigenvalue weighted by Crippen LogP contribution is 2.45. The van der Waals surface area contributed by atoms with Gasteiger partial charge in [0.15, 0.2) is 0 Å². The topological polar surface area (TPSA) is 63.6 Å². The van der Waals surface area contributed by atoms with Gasteiger partial charge in [-0.25, -0.2) is 4.79 Å². The Morgan fingerprint density at radius 2 is 1.83 bits per heavy atom. The van der Waals surface area contributed by atoms with E-state index in [-0.39, 0.29) is 24.0 Å². The van der Waals surface area contributed by atoms with Gasteiger partial charge >= 0.3 is 5.97 Å². The van der Waals surface area contributed by atoms with Gasteiger partial charge in [0.05, 0.1) is 18.1 Å². The van der Waals surface area contributed by atoms with Gasteiger partial charge in [0, 0.05) is 0 Å². The molecule has 0 amide bonds. The number of carbonyl (C=O) groups is 2. The second kappa shape index (κ2) is 12.5. The molecular formula is C25H42O4. The predicted octanol–water partition coefficient (Wildman–Crippen LogP) is 5.33. The molecule has 2 aliphatic rings. The Bertz CT molecular complexity index is 521. The summed E-state index contributed by atoms with van der Waals surface area (Å²) in [5, 5.41) is 8.97. The first-order valence-electron chi connectivity index (χ1n) is 11.9. The highest BCUT2D eigenvalue weighted by Gasteiger charge is 2.37. The van der Waals surface area contributed by atoms with Crippen LogP contribution >= 0.6 is 0 Å². The third-order valence-electron chi connectivity index (χ3n) is 7.66. The second-order valence-electron chi connectivity index (χ2n) is 9.65. The zero-order valence-corrected chi connectivity index (χ0v) is 18.6. The number of hydrogen-bond acceptors (Lipinski definition) is 4. The van der Waals surface area contributed by atoms with Crippen molar-refractivity contribution in [1.82, 2.24) is 0 Å². The van der Waals surface area contributed by atoms with Crippen molar-refractivity contribution in [3.05, 3.63) is 12.2 Å². The number of rotatable bonds is 11. The van der Waals surface area contributed by atoms with E-state index in [1.165, 1.54) is 64.2 Å². The van der Waals surface area contributed by atoms with E-state index in [0.29, 0.717) is 5.92 Å². The molecule has 0 bridgehead atoms. The van der Waals surface area contributed by atoms with Crippen LogP contribution in [-0.2, 0) is 14.3 Å². The van der Waals surface area contributed by atoms with E-state index < -0.39 is 12.6 Å². The Kier molecular flexibility index (Phi) is 10.4. The second-order valence-corrected chi connectivity index (χ2v) is 9.65. The van der Waals surface area contributed by atoms with Crippen LogP contribution in [0.3, 0.4) is 0 Å². The summed E-state index contributed by atoms with van der Waals surface area (Å²) in [5.41, 5.74) is 0.0386. The largest absolute Gasteiger partial charge is 0.462 e. The van der Waals surface area contributed by atoms with Crippen molar-refractivity contribution in [2.24, 2.45) is 35.5 Å². The Balaban J connectivity index is 1.77. The molecule has 0 aromatic rings. The van der Waals surface area contributed by atoms with Gasteiger partial charge in [0.1, 0.15) is 12.9 Å². The fraction of sp³-hybridized carbons (Fsp3) is 0.840. The van der Waals surface area contributed by atoms with Crippen LogP contribution in [-0.4, -0.2) is 30.6 Å². The number of aliphatic hydroxyl groups is 1. The van der Waals surface area contributed by atoms with E-state index in [1.807, 2.05) is 0 Å². The molecule has 2 aliphatic carbocycles. The lowest BCUT2D eigenvalue weighted by Gasteiger charge is -2.42. The Labute approximate surface area is 177 Å². The fourth-order valence-corrected chi connectivity index (χ4v) is 5.76. The van der Waals surface area contributed by atoms with Crippen LogP contribution in [0.1, 0.15) is 84.5 Å². The van der Waals surface area contributed by atoms with Crippen molar-refractivity contribution >= 4 is 12.3 Å². The molecule has 2 rings (SSSR count). The lowest BCUT2D eigenvalue weighted by molar-refractivity contribution is -0.142. The van der Waals surface area contributed by atoms with Gasteiger partial charge in [-0.15, -0.1) is 0 Å². The number of hydrogen-bond donors (Lipinski definition) is 1. The van der Waals surface area contributed by atoms with Crippen molar-refractivity contribution in [2.75, 3.05) is 13.2 Å². The first-order valence-corrected chi connectivity index (χ1v) is 11.9. The standard InChI is InChI=1S/C25H42O4/c1-4-5-6-7-20-8-10-21(11-9-20)22-12-13-24(18(2)14-22)23(16-27)17-29-25(28)19(3)15-26/h16,18,20-24,26H,3-15,17H2,1-2H3. The molecule has 2 fully saturated rings. The number of unbranched alkanes of at least 4 members (excludes halogenated alkanes) is 2. The average molecular weight is 407 g/mol. The van der Waals surface area contributed by atoms with Crippen molar-refractivity contribution in [3.63, 3.8) is 0 Å². The molecular weight excluding hydrogens is 364 g/mol. The highest BCUT2D eigenvalue weighted by molar-refractivity contribution is 5.88. The maximum absolute atomic E-state index is 11.7. The molecule has 0 radical (unpaired) electrons. The lowest BCUT2D eigenvalue weighted by Crippen LogP contribution is -2.35. The monoisotopic (exact) mass is 406 g/mol. The smallest absolute Gasteiger partial charge is 0.335 e. The minimum Gasteiger partial charge on any atom is -0.462 e. The van der Waals surface area contributed by atoms with Crippen molar-refractivity contribution < 1.29 is 19.4 Å². The number of aldehydes is 1. The van der Waals surface area contributed by atoms with Gasteiger partial charge in [0.2, 0.25) is 0 Å². The summed E-state index contributed by atoms with van der Waals surface area (Å²) in [4.78, 5) is 23.4. The molecule has 4 heteroatoms. The molecule has 0 aliphatic heterocycles. The zero-order valence-electron chi connectivity index (χ0n) is 18.6. The number of carbonyl (C=O) groups excluding carboxylic acids is 2. The molecule has 4 atom stereocenters. The number of ether oxygens (including phenoxy) is 1. The van der Waals surface area contributed by atoms with Crippen molar-refractivity contribution in [3.8, 4) is 0 Å². The van der Waals surface area contributed by atoms with Crippen LogP contribution in [0.15, 0.2) is 12.2 Å². The minimum absolute atomic E-state index is 0.0386.